The van der Waals surface area contributed by atoms with Crippen LogP contribution >= 0.6 is 0 Å². The van der Waals surface area contributed by atoms with Gasteiger partial charge in [-0.25, -0.2) is 14.6 Å². The summed E-state index contributed by atoms with van der Waals surface area (Å²) in [4.78, 5) is 25.1. The van der Waals surface area contributed by atoms with Crippen molar-refractivity contribution in [2.75, 3.05) is 11.9 Å². The zero-order valence-corrected chi connectivity index (χ0v) is 23.5. The Morgan fingerprint density at radius 2 is 1.76 bits per heavy atom. The van der Waals surface area contributed by atoms with Gasteiger partial charge in [0.2, 0.25) is 5.91 Å². The number of nitrogens with one attached hydrogen (secondary N) is 1. The first-order valence-electron chi connectivity index (χ1n) is 14.6. The molecule has 0 unspecified atom stereocenters. The molecule has 0 spiro atoms. The largest absolute Gasteiger partial charge is 0.366 e. The lowest BCUT2D eigenvalue weighted by atomic mass is 10.0. The number of carbonyl (C=O) groups excluding carboxylic acids is 1. The van der Waals surface area contributed by atoms with E-state index in [0.29, 0.717) is 37.9 Å². The van der Waals surface area contributed by atoms with Gasteiger partial charge in [0.25, 0.3) is 0 Å². The molecule has 5 aromatic rings. The van der Waals surface area contributed by atoms with Crippen LogP contribution in [-0.4, -0.2) is 43.1 Å². The maximum absolute atomic E-state index is 13.7. The first-order chi connectivity index (χ1) is 20.1. The second-order valence-corrected chi connectivity index (χ2v) is 10.8. The Labute approximate surface area is 241 Å². The van der Waals surface area contributed by atoms with Crippen molar-refractivity contribution in [3.8, 4) is 11.4 Å². The van der Waals surface area contributed by atoms with Crippen LogP contribution in [0.25, 0.3) is 22.2 Å². The van der Waals surface area contributed by atoms with Crippen molar-refractivity contribution >= 4 is 22.5 Å². The summed E-state index contributed by atoms with van der Waals surface area (Å²) in [5.41, 5.74) is 3.20. The first kappa shape index (κ1) is 26.7. The van der Waals surface area contributed by atoms with Crippen molar-refractivity contribution in [3.63, 3.8) is 0 Å². The zero-order valence-electron chi connectivity index (χ0n) is 23.5. The highest BCUT2D eigenvalue weighted by Gasteiger charge is 2.27. The molecule has 2 heterocycles. The van der Waals surface area contributed by atoms with E-state index in [0.717, 1.165) is 41.0 Å². The van der Waals surface area contributed by atoms with Crippen LogP contribution in [0.4, 0.5) is 5.82 Å². The molecule has 1 aliphatic rings. The SMILES string of the molecule is Cc1nc(-c2ccnc(NCc3ccccc3)c2)nn1CCN(C(=O)Cc1cccc2ccccc12)C1CCCC1. The van der Waals surface area contributed by atoms with E-state index in [1.165, 1.54) is 23.8 Å². The molecular weight excluding hydrogens is 508 g/mol. The lowest BCUT2D eigenvalue weighted by molar-refractivity contribution is -0.132. The van der Waals surface area contributed by atoms with Crippen molar-refractivity contribution < 1.29 is 4.79 Å². The van der Waals surface area contributed by atoms with Crippen LogP contribution in [0, 0.1) is 6.92 Å². The minimum atomic E-state index is 0.189. The average Bonchev–Trinajstić information content (AvgIpc) is 3.67. The van der Waals surface area contributed by atoms with E-state index >= 15 is 0 Å². The van der Waals surface area contributed by atoms with E-state index < -0.39 is 0 Å². The standard InChI is InChI=1S/C34H36N6O/c1-25-37-34(29-18-19-35-32(22-29)36-24-26-10-3-2-4-11-26)38-40(25)21-20-39(30-15-6-7-16-30)33(41)23-28-14-9-13-27-12-5-8-17-31(27)28/h2-5,8-14,17-19,22,30H,6-7,15-16,20-21,23-24H2,1H3,(H,35,36). The topological polar surface area (TPSA) is 75.9 Å². The number of nitrogens with zero attached hydrogens (tertiary/aromatic N) is 5. The summed E-state index contributed by atoms with van der Waals surface area (Å²) in [5.74, 6) is 2.48. The molecule has 1 aliphatic carbocycles. The zero-order chi connectivity index (χ0) is 28.0. The van der Waals surface area contributed by atoms with Gasteiger partial charge >= 0.3 is 0 Å². The van der Waals surface area contributed by atoms with E-state index in [9.17, 15) is 4.79 Å². The van der Waals surface area contributed by atoms with Crippen molar-refractivity contribution in [2.24, 2.45) is 0 Å². The number of hydrogen-bond donors (Lipinski definition) is 1. The van der Waals surface area contributed by atoms with Crippen molar-refractivity contribution in [2.45, 2.75) is 58.2 Å². The molecule has 7 nitrogen and oxygen atoms in total. The van der Waals surface area contributed by atoms with Gasteiger partial charge < -0.3 is 10.2 Å². The van der Waals surface area contributed by atoms with E-state index in [1.807, 2.05) is 60.1 Å². The van der Waals surface area contributed by atoms with Gasteiger partial charge in [0.15, 0.2) is 5.82 Å². The molecule has 1 fully saturated rings. The molecule has 0 radical (unpaired) electrons. The number of aromatic nitrogens is 4. The van der Waals surface area contributed by atoms with Gasteiger partial charge in [-0.2, -0.15) is 5.10 Å². The molecule has 0 atom stereocenters. The molecule has 1 amide bonds. The second kappa shape index (κ2) is 12.3. The smallest absolute Gasteiger partial charge is 0.227 e. The van der Waals surface area contributed by atoms with Crippen LogP contribution in [0.5, 0.6) is 0 Å². The van der Waals surface area contributed by atoms with Gasteiger partial charge in [0, 0.05) is 30.9 Å². The molecule has 0 aliphatic heterocycles. The molecule has 0 bridgehead atoms. The Morgan fingerprint density at radius 1 is 0.976 bits per heavy atom. The number of hydrogen-bond acceptors (Lipinski definition) is 5. The van der Waals surface area contributed by atoms with Crippen LogP contribution in [0.1, 0.15) is 42.6 Å². The Balaban J connectivity index is 1.15. The second-order valence-electron chi connectivity index (χ2n) is 10.8. The summed E-state index contributed by atoms with van der Waals surface area (Å²) in [5, 5.41) is 10.5. The minimum Gasteiger partial charge on any atom is -0.366 e. The maximum atomic E-state index is 13.7. The van der Waals surface area contributed by atoms with Crippen LogP contribution in [-0.2, 0) is 24.3 Å². The van der Waals surface area contributed by atoms with E-state index in [-0.39, 0.29) is 5.91 Å². The Hall–Kier alpha value is -4.52. The number of anilines is 1. The predicted molar refractivity (Wildman–Crippen MR) is 163 cm³/mol. The summed E-state index contributed by atoms with van der Waals surface area (Å²) in [6, 6.07) is 29.0. The molecule has 1 N–H and O–H groups in total. The summed E-state index contributed by atoms with van der Waals surface area (Å²) >= 11 is 0. The highest BCUT2D eigenvalue weighted by molar-refractivity contribution is 5.90. The van der Waals surface area contributed by atoms with Crippen LogP contribution < -0.4 is 5.32 Å². The number of fused-ring (bicyclic) bond motifs is 1. The molecule has 208 valence electrons. The molecule has 3 aromatic carbocycles. The highest BCUT2D eigenvalue weighted by atomic mass is 16.2. The first-order valence-corrected chi connectivity index (χ1v) is 14.6. The summed E-state index contributed by atoms with van der Waals surface area (Å²) in [6.07, 6.45) is 6.69. The Kier molecular flexibility index (Phi) is 8.03. The highest BCUT2D eigenvalue weighted by Crippen LogP contribution is 2.26. The summed E-state index contributed by atoms with van der Waals surface area (Å²) in [7, 11) is 0. The minimum absolute atomic E-state index is 0.189. The Morgan fingerprint density at radius 3 is 2.61 bits per heavy atom. The third-order valence-corrected chi connectivity index (χ3v) is 8.05. The molecule has 6 rings (SSSR count). The molecule has 7 heteroatoms. The van der Waals surface area contributed by atoms with Crippen LogP contribution in [0.15, 0.2) is 91.1 Å². The van der Waals surface area contributed by atoms with Crippen molar-refractivity contribution in [1.82, 2.24) is 24.6 Å². The lowest BCUT2D eigenvalue weighted by Crippen LogP contribution is -2.42. The van der Waals surface area contributed by atoms with Gasteiger partial charge in [-0.15, -0.1) is 0 Å². The van der Waals surface area contributed by atoms with Crippen LogP contribution in [0.2, 0.25) is 0 Å². The van der Waals surface area contributed by atoms with Crippen molar-refractivity contribution in [1.29, 1.82) is 0 Å². The fourth-order valence-corrected chi connectivity index (χ4v) is 5.85. The number of rotatable bonds is 10. The van der Waals surface area contributed by atoms with Crippen molar-refractivity contribution in [3.05, 3.63) is 108 Å². The molecule has 2 aromatic heterocycles. The number of pyridine rings is 1. The average molecular weight is 545 g/mol. The molecule has 1 saturated carbocycles. The van der Waals surface area contributed by atoms with E-state index in [4.69, 9.17) is 10.1 Å². The molecular formula is C34H36N6O. The van der Waals surface area contributed by atoms with Crippen LogP contribution in [0.3, 0.4) is 0 Å². The molecule has 41 heavy (non-hydrogen) atoms. The predicted octanol–water partition coefficient (Wildman–Crippen LogP) is 6.43. The van der Waals surface area contributed by atoms with E-state index in [1.54, 1.807) is 6.20 Å². The normalized spacial score (nSPS) is 13.5. The summed E-state index contributed by atoms with van der Waals surface area (Å²) < 4.78 is 1.93. The monoisotopic (exact) mass is 544 g/mol. The maximum Gasteiger partial charge on any atom is 0.227 e. The van der Waals surface area contributed by atoms with Gasteiger partial charge in [-0.1, -0.05) is 85.6 Å². The quantitative estimate of drug-likeness (QED) is 0.219. The fourth-order valence-electron chi connectivity index (χ4n) is 5.85. The lowest BCUT2D eigenvalue weighted by Gasteiger charge is -2.29. The van der Waals surface area contributed by atoms with Gasteiger partial charge in [0.05, 0.1) is 13.0 Å². The number of benzene rings is 3. The third-order valence-electron chi connectivity index (χ3n) is 8.05. The van der Waals surface area contributed by atoms with E-state index in [2.05, 4.69) is 51.6 Å². The molecule has 0 saturated heterocycles. The third kappa shape index (κ3) is 6.30. The number of amides is 1. The number of carbonyl (C=O) groups is 1. The number of aryl methyl sites for hydroxylation is 1. The Bertz CT molecular complexity index is 1620. The van der Waals surface area contributed by atoms with Gasteiger partial charge in [-0.05, 0) is 53.8 Å². The summed E-state index contributed by atoms with van der Waals surface area (Å²) in [6.45, 7) is 3.91. The van der Waals surface area contributed by atoms with Gasteiger partial charge in [-0.3, -0.25) is 4.79 Å². The fraction of sp³-hybridized carbons (Fsp3) is 0.294. The van der Waals surface area contributed by atoms with Gasteiger partial charge in [0.1, 0.15) is 11.6 Å².